The number of hydrogen-bond acceptors (Lipinski definition) is 10. The molecule has 9 nitrogen and oxygen atoms in total. The third-order valence-electron chi connectivity index (χ3n) is 9.48. The number of ether oxygens (including phenoxy) is 2. The van der Waals surface area contributed by atoms with Crippen LogP contribution in [-0.2, 0) is 15.1 Å². The standard InChI is InChI=1S/C28H37FN6O3S2Se/c1-16(29)24-31-32-25(41-24)20-21(28(37-4)7-8-28)30-23-19(13-18(14-35(20)23)39-33-26(3)5-6-26)34-11-9-27(10-12-34)15-38-17(2)22(27)40-36/h13-14,16-17,22,33,36H,5-12,15H2,1-4H3. The molecule has 4 fully saturated rings. The van der Waals surface area contributed by atoms with Crippen LogP contribution in [0.3, 0.4) is 0 Å². The molecule has 0 amide bonds. The number of halogens is 1. The first-order valence-corrected chi connectivity index (χ1v) is 17.8. The van der Waals surface area contributed by atoms with Crippen molar-refractivity contribution in [3.8, 4) is 10.3 Å². The van der Waals surface area contributed by atoms with Gasteiger partial charge < -0.3 is 0 Å². The summed E-state index contributed by atoms with van der Waals surface area (Å²) < 4.78 is 43.6. The molecule has 222 valence electrons. The Balaban J connectivity index is 1.33. The fourth-order valence-corrected chi connectivity index (χ4v) is 9.70. The molecule has 4 aliphatic rings. The summed E-state index contributed by atoms with van der Waals surface area (Å²) in [6, 6.07) is 2.25. The van der Waals surface area contributed by atoms with E-state index in [2.05, 4.69) is 50.3 Å². The number of nitrogens with one attached hydrogen (secondary N) is 1. The molecule has 13 heteroatoms. The van der Waals surface area contributed by atoms with E-state index in [1.54, 1.807) is 19.1 Å². The first-order valence-electron chi connectivity index (χ1n) is 14.4. The van der Waals surface area contributed by atoms with Gasteiger partial charge in [0.2, 0.25) is 0 Å². The molecule has 3 aromatic rings. The van der Waals surface area contributed by atoms with E-state index in [9.17, 15) is 8.94 Å². The van der Waals surface area contributed by atoms with Crippen molar-refractivity contribution in [2.75, 3.05) is 31.7 Å². The number of fused-ring (bicyclic) bond motifs is 1. The molecule has 2 N–H and O–H groups in total. The van der Waals surface area contributed by atoms with Crippen LogP contribution in [0.5, 0.6) is 0 Å². The predicted octanol–water partition coefficient (Wildman–Crippen LogP) is 5.24. The molecule has 0 aromatic carbocycles. The molecule has 2 saturated heterocycles. The van der Waals surface area contributed by atoms with Gasteiger partial charge in [-0.25, -0.2) is 0 Å². The number of hydrogen-bond donors (Lipinski definition) is 2. The Morgan fingerprint density at radius 1 is 1.22 bits per heavy atom. The van der Waals surface area contributed by atoms with Crippen LogP contribution >= 0.6 is 24.0 Å². The molecule has 2 aliphatic carbocycles. The van der Waals surface area contributed by atoms with E-state index in [0.717, 1.165) is 83.0 Å². The number of methoxy groups -OCH3 is 1. The van der Waals surface area contributed by atoms with Crippen molar-refractivity contribution < 1.29 is 18.4 Å². The van der Waals surface area contributed by atoms with E-state index in [0.29, 0.717) is 11.2 Å². The van der Waals surface area contributed by atoms with E-state index in [4.69, 9.17) is 14.5 Å². The maximum absolute atomic E-state index is 14.3. The molecule has 7 rings (SSSR count). The Morgan fingerprint density at radius 3 is 2.59 bits per heavy atom. The van der Waals surface area contributed by atoms with E-state index >= 15 is 0 Å². The minimum atomic E-state index is -1.12. The van der Waals surface area contributed by atoms with E-state index in [1.807, 2.05) is 0 Å². The Labute approximate surface area is 254 Å². The van der Waals surface area contributed by atoms with Gasteiger partial charge >= 0.3 is 255 Å². The normalized spacial score (nSPS) is 26.6. The second-order valence-corrected chi connectivity index (χ2v) is 16.2. The molecule has 0 radical (unpaired) electrons. The van der Waals surface area contributed by atoms with Crippen LogP contribution in [0.15, 0.2) is 17.2 Å². The van der Waals surface area contributed by atoms with Gasteiger partial charge in [0.05, 0.1) is 0 Å². The number of piperidine rings is 1. The van der Waals surface area contributed by atoms with Gasteiger partial charge in [-0.05, 0) is 0 Å². The Kier molecular flexibility index (Phi) is 7.30. The van der Waals surface area contributed by atoms with Crippen molar-refractivity contribution in [3.63, 3.8) is 0 Å². The fourth-order valence-electron chi connectivity index (χ4n) is 6.31. The number of rotatable bonds is 9. The molecule has 0 bridgehead atoms. The van der Waals surface area contributed by atoms with Gasteiger partial charge in [0.25, 0.3) is 0 Å². The molecule has 5 heterocycles. The molecule has 1 spiro atoms. The van der Waals surface area contributed by atoms with E-state index < -0.39 is 11.8 Å². The quantitative estimate of drug-likeness (QED) is 0.179. The van der Waals surface area contributed by atoms with Crippen molar-refractivity contribution in [2.24, 2.45) is 5.41 Å². The van der Waals surface area contributed by atoms with Crippen LogP contribution in [0.2, 0.25) is 0 Å². The molecule has 2 saturated carbocycles. The Morgan fingerprint density at radius 2 is 1.98 bits per heavy atom. The molecule has 2 aliphatic heterocycles. The number of imidazole rings is 1. The van der Waals surface area contributed by atoms with Crippen molar-refractivity contribution in [2.45, 2.75) is 92.9 Å². The SMILES string of the molecule is COC1(c2nc3c(N4CCC5(CC4)COC(C)C5SO)cc(SNC4(C)CC4)cn3c2-c2nnc(C(C)F)[se]2)CC1. The third-order valence-corrected chi connectivity index (χ3v) is 13.9. The average Bonchev–Trinajstić information content (AvgIpc) is 3.77. The molecular formula is C28H37FN6O3S2Se. The summed E-state index contributed by atoms with van der Waals surface area (Å²) in [7, 11) is 1.75. The monoisotopic (exact) mass is 668 g/mol. The van der Waals surface area contributed by atoms with Gasteiger partial charge in [0.15, 0.2) is 0 Å². The Bertz CT molecular complexity index is 1450. The second kappa shape index (κ2) is 10.5. The van der Waals surface area contributed by atoms with Crippen LogP contribution in [-0.4, -0.2) is 82.3 Å². The first-order chi connectivity index (χ1) is 19.7. The summed E-state index contributed by atoms with van der Waals surface area (Å²) in [6.07, 6.45) is 7.10. The summed E-state index contributed by atoms with van der Waals surface area (Å²) in [5.41, 5.74) is 3.46. The van der Waals surface area contributed by atoms with Gasteiger partial charge in [-0.3, -0.25) is 0 Å². The minimum absolute atomic E-state index is 0.0160. The number of aromatic nitrogens is 4. The van der Waals surface area contributed by atoms with Gasteiger partial charge in [0.1, 0.15) is 0 Å². The van der Waals surface area contributed by atoms with E-state index in [1.165, 1.54) is 19.8 Å². The molecule has 3 unspecified atom stereocenters. The number of anilines is 1. The zero-order valence-corrected chi connectivity index (χ0v) is 27.2. The average molecular weight is 668 g/mol. The van der Waals surface area contributed by atoms with Gasteiger partial charge in [-0.2, -0.15) is 0 Å². The van der Waals surface area contributed by atoms with Crippen molar-refractivity contribution in [3.05, 3.63) is 22.5 Å². The predicted molar refractivity (Wildman–Crippen MR) is 161 cm³/mol. The van der Waals surface area contributed by atoms with Crippen molar-refractivity contribution >= 4 is 49.8 Å². The zero-order chi connectivity index (χ0) is 28.6. The molecule has 41 heavy (non-hydrogen) atoms. The van der Waals surface area contributed by atoms with Crippen LogP contribution in [0.1, 0.15) is 75.7 Å². The first kappa shape index (κ1) is 28.6. The van der Waals surface area contributed by atoms with Crippen LogP contribution < -0.4 is 9.62 Å². The van der Waals surface area contributed by atoms with Crippen molar-refractivity contribution in [1.82, 2.24) is 24.3 Å². The molecule has 3 atom stereocenters. The maximum atomic E-state index is 14.3. The van der Waals surface area contributed by atoms with Crippen molar-refractivity contribution in [1.29, 1.82) is 0 Å². The number of alkyl halides is 1. The van der Waals surface area contributed by atoms with Gasteiger partial charge in [-0.15, -0.1) is 0 Å². The fraction of sp³-hybridized carbons (Fsp3) is 0.679. The van der Waals surface area contributed by atoms with Crippen LogP contribution in [0, 0.1) is 5.41 Å². The summed E-state index contributed by atoms with van der Waals surface area (Å²) in [4.78, 5) is 8.82. The summed E-state index contributed by atoms with van der Waals surface area (Å²) in [6.45, 7) is 8.25. The van der Waals surface area contributed by atoms with E-state index in [-0.39, 0.29) is 36.8 Å². The van der Waals surface area contributed by atoms with Crippen LogP contribution in [0.25, 0.3) is 15.9 Å². The number of pyridine rings is 1. The van der Waals surface area contributed by atoms with Gasteiger partial charge in [0, 0.05) is 0 Å². The zero-order valence-electron chi connectivity index (χ0n) is 23.9. The summed E-state index contributed by atoms with van der Waals surface area (Å²) in [5.74, 6) is 0. The third kappa shape index (κ3) is 4.98. The summed E-state index contributed by atoms with van der Waals surface area (Å²) in [5, 5.41) is 8.83. The summed E-state index contributed by atoms with van der Waals surface area (Å²) >= 11 is 2.31. The second-order valence-electron chi connectivity index (χ2n) is 12.5. The molecule has 3 aromatic heterocycles. The number of nitrogens with zero attached hydrogens (tertiary/aromatic N) is 5. The van der Waals surface area contributed by atoms with Gasteiger partial charge in [-0.1, -0.05) is 0 Å². The Hall–Kier alpha value is -1.18. The molecular weight excluding hydrogens is 630 g/mol. The topological polar surface area (TPSA) is 97.0 Å². The van der Waals surface area contributed by atoms with Crippen LogP contribution in [0.4, 0.5) is 10.1 Å².